The third kappa shape index (κ3) is 5.96. The largest absolute Gasteiger partial charge is 0.461 e. The summed E-state index contributed by atoms with van der Waals surface area (Å²) < 4.78 is 7.38. The van der Waals surface area contributed by atoms with Crippen LogP contribution >= 0.6 is 0 Å². The van der Waals surface area contributed by atoms with Crippen LogP contribution < -0.4 is 0 Å². The highest BCUT2D eigenvalue weighted by Crippen LogP contribution is 2.23. The maximum absolute atomic E-state index is 12.0. The van der Waals surface area contributed by atoms with E-state index in [0.717, 1.165) is 25.8 Å². The van der Waals surface area contributed by atoms with Crippen molar-refractivity contribution < 1.29 is 14.1 Å². The Morgan fingerprint density at radius 2 is 2.00 bits per heavy atom. The summed E-state index contributed by atoms with van der Waals surface area (Å²) in [7, 11) is -1.13. The number of esters is 1. The van der Waals surface area contributed by atoms with Crippen molar-refractivity contribution in [3.05, 3.63) is 47.5 Å². The van der Waals surface area contributed by atoms with Gasteiger partial charge >= 0.3 is 5.97 Å². The first-order valence-electron chi connectivity index (χ1n) is 9.31. The molecule has 1 aromatic carbocycles. The fourth-order valence-electron chi connectivity index (χ4n) is 3.54. The van der Waals surface area contributed by atoms with Gasteiger partial charge in [-0.3, -0.25) is 0 Å². The molecule has 1 heterocycles. The van der Waals surface area contributed by atoms with E-state index in [1.54, 1.807) is 0 Å². The molecule has 136 valence electrons. The molecule has 0 saturated carbocycles. The van der Waals surface area contributed by atoms with Gasteiger partial charge in [-0.2, -0.15) is 0 Å². The molecule has 0 fully saturated rings. The number of fused-ring (bicyclic) bond motifs is 1. The lowest BCUT2D eigenvalue weighted by atomic mass is 9.93. The van der Waals surface area contributed by atoms with E-state index in [0.29, 0.717) is 13.2 Å². The summed E-state index contributed by atoms with van der Waals surface area (Å²) >= 11 is 0. The average Bonchev–Trinajstić information content (AvgIpc) is 2.52. The van der Waals surface area contributed by atoms with Gasteiger partial charge in [0, 0.05) is 26.5 Å². The minimum Gasteiger partial charge on any atom is -0.461 e. The molecular formula is C21H32NO2Si+. The van der Waals surface area contributed by atoms with E-state index >= 15 is 0 Å². The zero-order valence-electron chi connectivity index (χ0n) is 16.2. The predicted molar refractivity (Wildman–Crippen MR) is 107 cm³/mol. The Kier molecular flexibility index (Phi) is 6.76. The molecule has 0 N–H and O–H groups in total. The zero-order chi connectivity index (χ0) is 18.4. The second kappa shape index (κ2) is 8.61. The van der Waals surface area contributed by atoms with Gasteiger partial charge in [-0.15, -0.1) is 6.58 Å². The molecule has 0 amide bonds. The summed E-state index contributed by atoms with van der Waals surface area (Å²) in [6.07, 6.45) is 2.92. The van der Waals surface area contributed by atoms with E-state index in [1.807, 2.05) is 6.92 Å². The van der Waals surface area contributed by atoms with E-state index in [9.17, 15) is 4.79 Å². The molecule has 0 unspecified atom stereocenters. The summed E-state index contributed by atoms with van der Waals surface area (Å²) in [4.78, 5) is 12.0. The molecule has 0 atom stereocenters. The molecule has 0 bridgehead atoms. The number of rotatable bonds is 8. The van der Waals surface area contributed by atoms with E-state index in [1.165, 1.54) is 28.5 Å². The normalized spacial score (nSPS) is 14.2. The Hall–Kier alpha value is -1.68. The van der Waals surface area contributed by atoms with E-state index in [4.69, 9.17) is 4.74 Å². The highest BCUT2D eigenvalue weighted by Gasteiger charge is 2.27. The van der Waals surface area contributed by atoms with Crippen molar-refractivity contribution in [3.63, 3.8) is 0 Å². The smallest absolute Gasteiger partial charge is 0.372 e. The fourth-order valence-corrected chi connectivity index (χ4v) is 5.22. The summed E-state index contributed by atoms with van der Waals surface area (Å²) in [5, 5.41) is 0. The van der Waals surface area contributed by atoms with Crippen LogP contribution in [-0.4, -0.2) is 44.0 Å². The number of carbonyl (C=O) groups excluding carboxylic acids is 1. The topological polar surface area (TPSA) is 29.3 Å². The van der Waals surface area contributed by atoms with E-state index in [-0.39, 0.29) is 5.97 Å². The molecule has 1 aromatic rings. The minimum absolute atomic E-state index is 0.139. The highest BCUT2D eigenvalue weighted by molar-refractivity contribution is 6.76. The van der Waals surface area contributed by atoms with Gasteiger partial charge in [-0.05, 0) is 31.0 Å². The average molecular weight is 359 g/mol. The molecule has 1 aliphatic rings. The lowest BCUT2D eigenvalue weighted by Crippen LogP contribution is -2.34. The molecule has 0 saturated heterocycles. The lowest BCUT2D eigenvalue weighted by molar-refractivity contribution is -0.520. The molecule has 0 radical (unpaired) electrons. The maximum atomic E-state index is 12.0. The van der Waals surface area contributed by atoms with Gasteiger partial charge < -0.3 is 4.74 Å². The van der Waals surface area contributed by atoms with Crippen LogP contribution in [0.1, 0.15) is 30.9 Å². The first-order chi connectivity index (χ1) is 11.8. The van der Waals surface area contributed by atoms with Crippen molar-refractivity contribution in [1.29, 1.82) is 0 Å². The van der Waals surface area contributed by atoms with Gasteiger partial charge in [0.2, 0.25) is 6.54 Å². The Morgan fingerprint density at radius 3 is 2.68 bits per heavy atom. The number of carbonyl (C=O) groups is 1. The molecule has 3 nitrogen and oxygen atoms in total. The van der Waals surface area contributed by atoms with Crippen molar-refractivity contribution in [3.8, 4) is 0 Å². The van der Waals surface area contributed by atoms with Crippen molar-refractivity contribution in [2.24, 2.45) is 0 Å². The van der Waals surface area contributed by atoms with Crippen LogP contribution in [0.25, 0.3) is 0 Å². The molecule has 0 spiro atoms. The zero-order valence-corrected chi connectivity index (χ0v) is 17.2. The van der Waals surface area contributed by atoms with Gasteiger partial charge in [0.05, 0.1) is 6.61 Å². The first kappa shape index (κ1) is 19.6. The lowest BCUT2D eigenvalue weighted by Gasteiger charge is -2.20. The Labute approximate surface area is 153 Å². The molecule has 0 aromatic heterocycles. The first-order valence-corrected chi connectivity index (χ1v) is 13.0. The number of hydrogen-bond donors (Lipinski definition) is 0. The van der Waals surface area contributed by atoms with Crippen LogP contribution in [0.5, 0.6) is 0 Å². The maximum Gasteiger partial charge on any atom is 0.372 e. The van der Waals surface area contributed by atoms with Crippen molar-refractivity contribution >= 4 is 19.8 Å². The molecule has 4 heteroatoms. The van der Waals surface area contributed by atoms with Crippen molar-refractivity contribution in [2.45, 2.75) is 51.9 Å². The molecule has 25 heavy (non-hydrogen) atoms. The summed E-state index contributed by atoms with van der Waals surface area (Å²) in [6, 6.07) is 9.74. The van der Waals surface area contributed by atoms with Gasteiger partial charge in [0.25, 0.3) is 0 Å². The number of benzene rings is 1. The number of ether oxygens (including phenoxy) is 1. The minimum atomic E-state index is -1.13. The monoisotopic (exact) mass is 358 g/mol. The van der Waals surface area contributed by atoms with Gasteiger partial charge in [0.1, 0.15) is 6.54 Å². The third-order valence-corrected chi connectivity index (χ3v) is 6.04. The molecule has 2 rings (SSSR count). The van der Waals surface area contributed by atoms with Gasteiger partial charge in [-0.25, -0.2) is 9.37 Å². The summed E-state index contributed by atoms with van der Waals surface area (Å²) in [5.74, 6) is -0.139. The van der Waals surface area contributed by atoms with Crippen LogP contribution in [-0.2, 0) is 16.0 Å². The number of nitrogens with zero attached hydrogens (tertiary/aromatic N) is 1. The quantitative estimate of drug-likeness (QED) is 0.300. The number of hydrogen-bond acceptors (Lipinski definition) is 2. The van der Waals surface area contributed by atoms with Crippen LogP contribution in [0.15, 0.2) is 36.4 Å². The van der Waals surface area contributed by atoms with Gasteiger partial charge in [-0.1, -0.05) is 43.4 Å². The SMILES string of the molecule is C=C(CCC1=[N+](CC(=O)OCC)CCc2ccccc21)C[Si](C)(C)C. The van der Waals surface area contributed by atoms with Crippen molar-refractivity contribution in [2.75, 3.05) is 19.7 Å². The second-order valence-electron chi connectivity index (χ2n) is 8.07. The molecular weight excluding hydrogens is 326 g/mol. The van der Waals surface area contributed by atoms with Crippen LogP contribution in [0.4, 0.5) is 0 Å². The fraction of sp³-hybridized carbons (Fsp3) is 0.524. The van der Waals surface area contributed by atoms with Crippen LogP contribution in [0, 0.1) is 0 Å². The predicted octanol–water partition coefficient (Wildman–Crippen LogP) is 4.28. The summed E-state index contributed by atoms with van der Waals surface area (Å²) in [5.41, 5.74) is 5.28. The summed E-state index contributed by atoms with van der Waals surface area (Å²) in [6.45, 7) is 15.0. The van der Waals surface area contributed by atoms with E-state index < -0.39 is 8.07 Å². The highest BCUT2D eigenvalue weighted by atomic mass is 28.3. The van der Waals surface area contributed by atoms with Crippen LogP contribution in [0.2, 0.25) is 25.7 Å². The Bertz CT molecular complexity index is 671. The Morgan fingerprint density at radius 1 is 1.28 bits per heavy atom. The van der Waals surface area contributed by atoms with Gasteiger partial charge in [0.15, 0.2) is 5.71 Å². The second-order valence-corrected chi connectivity index (χ2v) is 13.5. The van der Waals surface area contributed by atoms with Crippen LogP contribution in [0.3, 0.4) is 0 Å². The standard InChI is InChI=1S/C21H32NO2Si/c1-6-24-21(23)15-22-14-13-18-9-7-8-10-19(18)20(22)12-11-17(2)16-25(3,4)5/h7-10H,2,6,11-16H2,1,3-5H3/q+1. The Balaban J connectivity index is 2.20. The molecule has 1 aliphatic heterocycles. The third-order valence-electron chi connectivity index (χ3n) is 4.48. The van der Waals surface area contributed by atoms with Crippen molar-refractivity contribution in [1.82, 2.24) is 0 Å². The molecule has 0 aliphatic carbocycles. The number of allylic oxidation sites excluding steroid dienone is 1. The van der Waals surface area contributed by atoms with E-state index in [2.05, 4.69) is 55.1 Å².